The average Bonchev–Trinajstić information content (AvgIpc) is 3.06. The first-order valence-electron chi connectivity index (χ1n) is 8.22. The van der Waals surface area contributed by atoms with Gasteiger partial charge in [0.1, 0.15) is 11.3 Å². The van der Waals surface area contributed by atoms with Gasteiger partial charge >= 0.3 is 5.97 Å². The van der Waals surface area contributed by atoms with Crippen LogP contribution in [-0.2, 0) is 14.4 Å². The Morgan fingerprint density at radius 2 is 1.92 bits per heavy atom. The monoisotopic (exact) mass is 346 g/mol. The lowest BCUT2D eigenvalue weighted by Crippen LogP contribution is -2.59. The number of ether oxygens (including phenoxy) is 1. The van der Waals surface area contributed by atoms with E-state index in [2.05, 4.69) is 5.32 Å². The average molecular weight is 346 g/mol. The zero-order chi connectivity index (χ0) is 18.5. The fraction of sp³-hybridized carbons (Fsp3) is 0.500. The predicted molar refractivity (Wildman–Crippen MR) is 88.8 cm³/mol. The molecule has 2 aliphatic heterocycles. The number of carboxylic acid groups (broad SMARTS) is 1. The lowest BCUT2D eigenvalue weighted by Gasteiger charge is -2.34. The summed E-state index contributed by atoms with van der Waals surface area (Å²) in [5.74, 6) is -3.48. The molecular weight excluding hydrogens is 324 g/mol. The number of para-hydroxylation sites is 1. The van der Waals surface area contributed by atoms with E-state index in [0.717, 1.165) is 4.90 Å². The molecule has 0 saturated carbocycles. The molecule has 7 nitrogen and oxygen atoms in total. The van der Waals surface area contributed by atoms with Crippen LogP contribution in [0.2, 0.25) is 0 Å². The molecule has 134 valence electrons. The van der Waals surface area contributed by atoms with Crippen molar-refractivity contribution in [1.29, 1.82) is 0 Å². The number of amides is 2. The largest absolute Gasteiger partial charge is 0.496 e. The van der Waals surface area contributed by atoms with Gasteiger partial charge in [-0.3, -0.25) is 24.6 Å². The number of carboxylic acids is 1. The van der Waals surface area contributed by atoms with Crippen LogP contribution < -0.4 is 10.1 Å². The van der Waals surface area contributed by atoms with Crippen LogP contribution in [0.3, 0.4) is 0 Å². The summed E-state index contributed by atoms with van der Waals surface area (Å²) >= 11 is 0. The van der Waals surface area contributed by atoms with E-state index < -0.39 is 35.3 Å². The lowest BCUT2D eigenvalue weighted by atomic mass is 9.73. The molecule has 0 bridgehead atoms. The van der Waals surface area contributed by atoms with Crippen LogP contribution in [-0.4, -0.2) is 47.5 Å². The van der Waals surface area contributed by atoms with Crippen molar-refractivity contribution in [2.75, 3.05) is 14.2 Å². The highest BCUT2D eigenvalue weighted by molar-refractivity contribution is 6.09. The van der Waals surface area contributed by atoms with Crippen molar-refractivity contribution in [3.8, 4) is 5.75 Å². The van der Waals surface area contributed by atoms with Crippen molar-refractivity contribution in [3.63, 3.8) is 0 Å². The smallest absolute Gasteiger partial charge is 0.325 e. The zero-order valence-corrected chi connectivity index (χ0v) is 14.6. The quantitative estimate of drug-likeness (QED) is 0.791. The maximum atomic E-state index is 12.7. The minimum Gasteiger partial charge on any atom is -0.496 e. The number of aliphatic carboxylic acids is 1. The molecule has 0 radical (unpaired) electrons. The highest BCUT2D eigenvalue weighted by atomic mass is 16.5. The highest BCUT2D eigenvalue weighted by Crippen LogP contribution is 2.52. The number of methoxy groups -OCH3 is 1. The third kappa shape index (κ3) is 2.18. The first-order chi connectivity index (χ1) is 11.8. The van der Waals surface area contributed by atoms with Gasteiger partial charge in [-0.05, 0) is 12.0 Å². The van der Waals surface area contributed by atoms with Crippen LogP contribution in [0.25, 0.3) is 0 Å². The summed E-state index contributed by atoms with van der Waals surface area (Å²) in [6, 6.07) is 6.54. The second kappa shape index (κ2) is 5.84. The SMILES string of the molecule is COc1ccccc1C1NC(C(=O)O)(C(C)C)C2C(=O)N(C)C(=O)C12. The highest BCUT2D eigenvalue weighted by Gasteiger charge is 2.69. The Morgan fingerprint density at radius 1 is 1.28 bits per heavy atom. The Labute approximate surface area is 146 Å². The summed E-state index contributed by atoms with van der Waals surface area (Å²) < 4.78 is 5.39. The van der Waals surface area contributed by atoms with Gasteiger partial charge in [0, 0.05) is 18.7 Å². The Balaban J connectivity index is 2.21. The number of rotatable bonds is 4. The number of hydrogen-bond donors (Lipinski definition) is 2. The van der Waals surface area contributed by atoms with Gasteiger partial charge in [-0.2, -0.15) is 0 Å². The summed E-state index contributed by atoms with van der Waals surface area (Å²) in [6.07, 6.45) is 0. The van der Waals surface area contributed by atoms with E-state index in [-0.39, 0.29) is 11.8 Å². The van der Waals surface area contributed by atoms with Crippen molar-refractivity contribution in [3.05, 3.63) is 29.8 Å². The zero-order valence-electron chi connectivity index (χ0n) is 14.6. The topological polar surface area (TPSA) is 95.9 Å². The second-order valence-electron chi connectivity index (χ2n) is 6.93. The van der Waals surface area contributed by atoms with Gasteiger partial charge in [0.25, 0.3) is 0 Å². The molecule has 1 aromatic carbocycles. The molecule has 4 unspecified atom stereocenters. The summed E-state index contributed by atoms with van der Waals surface area (Å²) in [4.78, 5) is 38.7. The molecule has 0 spiro atoms. The van der Waals surface area contributed by atoms with Crippen molar-refractivity contribution in [1.82, 2.24) is 10.2 Å². The van der Waals surface area contributed by atoms with Crippen molar-refractivity contribution in [2.24, 2.45) is 17.8 Å². The van der Waals surface area contributed by atoms with Gasteiger partial charge in [0.05, 0.1) is 18.9 Å². The normalized spacial score (nSPS) is 31.6. The Kier molecular flexibility index (Phi) is 4.07. The molecule has 4 atom stereocenters. The number of carbonyl (C=O) groups excluding carboxylic acids is 2. The molecule has 1 aromatic rings. The van der Waals surface area contributed by atoms with Crippen molar-refractivity contribution in [2.45, 2.75) is 25.4 Å². The predicted octanol–water partition coefficient (Wildman–Crippen LogP) is 1.05. The first-order valence-corrected chi connectivity index (χ1v) is 8.22. The van der Waals surface area contributed by atoms with Crippen LogP contribution >= 0.6 is 0 Å². The number of hydrogen-bond acceptors (Lipinski definition) is 5. The van der Waals surface area contributed by atoms with Crippen LogP contribution in [0.1, 0.15) is 25.5 Å². The van der Waals surface area contributed by atoms with Crippen molar-refractivity contribution >= 4 is 17.8 Å². The maximum absolute atomic E-state index is 12.7. The standard InChI is InChI=1S/C18H22N2O5/c1-9(2)18(17(23)24)13-12(15(21)20(3)16(13)22)14(19-18)10-7-5-6-8-11(10)25-4/h5-9,12-14,19H,1-4H3,(H,23,24). The summed E-state index contributed by atoms with van der Waals surface area (Å²) in [5, 5.41) is 13.1. The van der Waals surface area contributed by atoms with E-state index in [1.54, 1.807) is 38.1 Å². The molecule has 2 amide bonds. The van der Waals surface area contributed by atoms with E-state index in [1.165, 1.54) is 14.2 Å². The number of carbonyl (C=O) groups is 3. The van der Waals surface area contributed by atoms with Crippen molar-refractivity contribution < 1.29 is 24.2 Å². The minimum atomic E-state index is -1.51. The molecule has 3 rings (SSSR count). The number of nitrogens with one attached hydrogen (secondary N) is 1. The Morgan fingerprint density at radius 3 is 2.48 bits per heavy atom. The molecule has 25 heavy (non-hydrogen) atoms. The number of imide groups is 1. The molecule has 2 saturated heterocycles. The molecular formula is C18H22N2O5. The summed E-state index contributed by atoms with van der Waals surface area (Å²) in [5.41, 5.74) is -0.825. The van der Waals surface area contributed by atoms with Crippen LogP contribution in [0.15, 0.2) is 24.3 Å². The fourth-order valence-corrected chi connectivity index (χ4v) is 4.25. The molecule has 2 fully saturated rings. The van der Waals surface area contributed by atoms with Crippen LogP contribution in [0.5, 0.6) is 5.75 Å². The third-order valence-electron chi connectivity index (χ3n) is 5.55. The van der Waals surface area contributed by atoms with Gasteiger partial charge in [-0.25, -0.2) is 0 Å². The summed E-state index contributed by atoms with van der Waals surface area (Å²) in [7, 11) is 2.93. The van der Waals surface area contributed by atoms with Crippen LogP contribution in [0.4, 0.5) is 0 Å². The fourth-order valence-electron chi connectivity index (χ4n) is 4.25. The Hall–Kier alpha value is -2.41. The van der Waals surface area contributed by atoms with E-state index in [0.29, 0.717) is 11.3 Å². The lowest BCUT2D eigenvalue weighted by molar-refractivity contribution is -0.153. The van der Waals surface area contributed by atoms with Gasteiger partial charge in [0.15, 0.2) is 0 Å². The van der Waals surface area contributed by atoms with Gasteiger partial charge < -0.3 is 9.84 Å². The molecule has 2 heterocycles. The summed E-state index contributed by atoms with van der Waals surface area (Å²) in [6.45, 7) is 3.50. The van der Waals surface area contributed by atoms with E-state index in [9.17, 15) is 19.5 Å². The molecule has 2 aliphatic rings. The Bertz CT molecular complexity index is 747. The number of nitrogens with zero attached hydrogens (tertiary/aromatic N) is 1. The number of fused-ring (bicyclic) bond motifs is 1. The van der Waals surface area contributed by atoms with E-state index in [4.69, 9.17) is 4.74 Å². The van der Waals surface area contributed by atoms with Gasteiger partial charge in [0.2, 0.25) is 11.8 Å². The molecule has 0 aromatic heterocycles. The van der Waals surface area contributed by atoms with E-state index >= 15 is 0 Å². The second-order valence-corrected chi connectivity index (χ2v) is 6.93. The van der Waals surface area contributed by atoms with Gasteiger partial charge in [-0.1, -0.05) is 32.0 Å². The first kappa shape index (κ1) is 17.4. The minimum absolute atomic E-state index is 0.359. The number of likely N-dealkylation sites (tertiary alicyclic amines) is 1. The third-order valence-corrected chi connectivity index (χ3v) is 5.55. The molecule has 0 aliphatic carbocycles. The number of benzene rings is 1. The maximum Gasteiger partial charge on any atom is 0.325 e. The van der Waals surface area contributed by atoms with Crippen LogP contribution in [0, 0.1) is 17.8 Å². The molecule has 2 N–H and O–H groups in total. The van der Waals surface area contributed by atoms with Gasteiger partial charge in [-0.15, -0.1) is 0 Å². The molecule has 7 heteroatoms. The van der Waals surface area contributed by atoms with E-state index in [1.807, 2.05) is 0 Å².